The second-order valence-electron chi connectivity index (χ2n) is 4.40. The van der Waals surface area contributed by atoms with Gasteiger partial charge in [-0.05, 0) is 31.4 Å². The molecule has 0 saturated carbocycles. The zero-order valence-electron chi connectivity index (χ0n) is 9.06. The van der Waals surface area contributed by atoms with Crippen LogP contribution in [0.3, 0.4) is 0 Å². The van der Waals surface area contributed by atoms with Crippen molar-refractivity contribution in [3.63, 3.8) is 0 Å². The number of hydrogen-bond acceptors (Lipinski definition) is 1. The van der Waals surface area contributed by atoms with Crippen LogP contribution in [0, 0.1) is 23.4 Å². The van der Waals surface area contributed by atoms with Crippen molar-refractivity contribution in [2.45, 2.75) is 25.8 Å². The molecule has 0 bridgehead atoms. The largest absolute Gasteiger partial charge is 0.310 e. The molecule has 0 aromatic heterocycles. The van der Waals surface area contributed by atoms with Crippen LogP contribution in [0.15, 0.2) is 12.1 Å². The van der Waals surface area contributed by atoms with Gasteiger partial charge in [-0.15, -0.1) is 0 Å². The van der Waals surface area contributed by atoms with E-state index in [-0.39, 0.29) is 11.6 Å². The molecule has 1 fully saturated rings. The Morgan fingerprint density at radius 2 is 1.94 bits per heavy atom. The van der Waals surface area contributed by atoms with Gasteiger partial charge in [0.1, 0.15) is 0 Å². The number of halogens is 3. The Morgan fingerprint density at radius 1 is 1.19 bits per heavy atom. The molecule has 1 heterocycles. The minimum Gasteiger partial charge on any atom is -0.310 e. The first kappa shape index (κ1) is 11.5. The van der Waals surface area contributed by atoms with E-state index in [4.69, 9.17) is 0 Å². The molecule has 2 unspecified atom stereocenters. The number of rotatable bonds is 1. The van der Waals surface area contributed by atoms with Gasteiger partial charge in [-0.3, -0.25) is 0 Å². The standard InChI is InChI=1S/C12H14F3N/c1-7-4-5-16-10(6-7)8-2-3-9(13)12(15)11(8)14/h2-3,7,10,16H,4-6H2,1H3. The lowest BCUT2D eigenvalue weighted by Crippen LogP contribution is -2.31. The summed E-state index contributed by atoms with van der Waals surface area (Å²) >= 11 is 0. The molecule has 1 aromatic rings. The molecular weight excluding hydrogens is 215 g/mol. The molecule has 1 aliphatic rings. The van der Waals surface area contributed by atoms with E-state index in [1.807, 2.05) is 0 Å². The van der Waals surface area contributed by atoms with Crippen molar-refractivity contribution in [3.8, 4) is 0 Å². The Morgan fingerprint density at radius 3 is 2.62 bits per heavy atom. The predicted octanol–water partition coefficient (Wildman–Crippen LogP) is 3.16. The topological polar surface area (TPSA) is 12.0 Å². The SMILES string of the molecule is CC1CCNC(c2ccc(F)c(F)c2F)C1. The quantitative estimate of drug-likeness (QED) is 0.729. The van der Waals surface area contributed by atoms with Crippen molar-refractivity contribution in [1.29, 1.82) is 0 Å². The first-order valence-electron chi connectivity index (χ1n) is 5.46. The molecule has 1 aliphatic heterocycles. The van der Waals surface area contributed by atoms with Gasteiger partial charge in [-0.25, -0.2) is 13.2 Å². The fraction of sp³-hybridized carbons (Fsp3) is 0.500. The van der Waals surface area contributed by atoms with Crippen LogP contribution in [0.4, 0.5) is 13.2 Å². The van der Waals surface area contributed by atoms with Crippen molar-refractivity contribution in [2.24, 2.45) is 5.92 Å². The summed E-state index contributed by atoms with van der Waals surface area (Å²) in [5.74, 6) is -3.10. The lowest BCUT2D eigenvalue weighted by molar-refractivity contribution is 0.314. The fourth-order valence-electron chi connectivity index (χ4n) is 2.15. The summed E-state index contributed by atoms with van der Waals surface area (Å²) in [6.45, 7) is 2.86. The minimum atomic E-state index is -1.38. The van der Waals surface area contributed by atoms with E-state index < -0.39 is 17.5 Å². The molecule has 0 spiro atoms. The summed E-state index contributed by atoms with van der Waals surface area (Å²) in [5.41, 5.74) is 0.227. The van der Waals surface area contributed by atoms with Crippen LogP contribution >= 0.6 is 0 Å². The van der Waals surface area contributed by atoms with E-state index in [0.29, 0.717) is 5.92 Å². The molecule has 4 heteroatoms. The van der Waals surface area contributed by atoms with E-state index in [1.165, 1.54) is 6.07 Å². The molecule has 1 N–H and O–H groups in total. The van der Waals surface area contributed by atoms with E-state index in [2.05, 4.69) is 12.2 Å². The second-order valence-corrected chi connectivity index (χ2v) is 4.40. The maximum atomic E-state index is 13.5. The maximum absolute atomic E-state index is 13.5. The molecule has 2 atom stereocenters. The Labute approximate surface area is 92.7 Å². The van der Waals surface area contributed by atoms with Crippen LogP contribution < -0.4 is 5.32 Å². The molecule has 0 aliphatic carbocycles. The van der Waals surface area contributed by atoms with E-state index >= 15 is 0 Å². The highest BCUT2D eigenvalue weighted by Gasteiger charge is 2.24. The highest BCUT2D eigenvalue weighted by Crippen LogP contribution is 2.29. The smallest absolute Gasteiger partial charge is 0.194 e. The summed E-state index contributed by atoms with van der Waals surface area (Å²) in [5, 5.41) is 3.12. The summed E-state index contributed by atoms with van der Waals surface area (Å²) < 4.78 is 39.4. The van der Waals surface area contributed by atoms with Gasteiger partial charge in [-0.2, -0.15) is 0 Å². The lowest BCUT2D eigenvalue weighted by Gasteiger charge is -2.28. The zero-order valence-corrected chi connectivity index (χ0v) is 9.06. The average Bonchev–Trinajstić information content (AvgIpc) is 2.26. The fourth-order valence-corrected chi connectivity index (χ4v) is 2.15. The normalized spacial score (nSPS) is 25.8. The minimum absolute atomic E-state index is 0.209. The number of piperidine rings is 1. The van der Waals surface area contributed by atoms with Crippen LogP contribution in [-0.4, -0.2) is 6.54 Å². The van der Waals surface area contributed by atoms with Gasteiger partial charge in [0, 0.05) is 11.6 Å². The first-order valence-corrected chi connectivity index (χ1v) is 5.46. The Kier molecular flexibility index (Phi) is 3.19. The highest BCUT2D eigenvalue weighted by atomic mass is 19.2. The van der Waals surface area contributed by atoms with Crippen molar-refractivity contribution in [1.82, 2.24) is 5.32 Å². The van der Waals surface area contributed by atoms with Crippen LogP contribution in [0.25, 0.3) is 0 Å². The Balaban J connectivity index is 2.29. The van der Waals surface area contributed by atoms with Gasteiger partial charge in [0.2, 0.25) is 0 Å². The van der Waals surface area contributed by atoms with Crippen LogP contribution in [-0.2, 0) is 0 Å². The number of benzene rings is 1. The summed E-state index contributed by atoms with van der Waals surface area (Å²) in [6, 6.07) is 2.09. The summed E-state index contributed by atoms with van der Waals surface area (Å²) in [4.78, 5) is 0. The van der Waals surface area contributed by atoms with Crippen LogP contribution in [0.5, 0.6) is 0 Å². The van der Waals surface area contributed by atoms with Crippen LogP contribution in [0.2, 0.25) is 0 Å². The molecule has 1 saturated heterocycles. The third-order valence-electron chi connectivity index (χ3n) is 3.11. The van der Waals surface area contributed by atoms with Crippen molar-refractivity contribution in [2.75, 3.05) is 6.54 Å². The van der Waals surface area contributed by atoms with Crippen LogP contribution in [0.1, 0.15) is 31.4 Å². The maximum Gasteiger partial charge on any atom is 0.194 e. The average molecular weight is 229 g/mol. The molecule has 0 radical (unpaired) electrons. The van der Waals surface area contributed by atoms with Gasteiger partial charge < -0.3 is 5.32 Å². The lowest BCUT2D eigenvalue weighted by atomic mass is 9.90. The third-order valence-corrected chi connectivity index (χ3v) is 3.11. The molecule has 0 amide bonds. The monoisotopic (exact) mass is 229 g/mol. The molecule has 1 nitrogen and oxygen atoms in total. The molecule has 88 valence electrons. The highest BCUT2D eigenvalue weighted by molar-refractivity contribution is 5.24. The van der Waals surface area contributed by atoms with Crippen molar-refractivity contribution in [3.05, 3.63) is 35.1 Å². The zero-order chi connectivity index (χ0) is 11.7. The number of hydrogen-bond donors (Lipinski definition) is 1. The van der Waals surface area contributed by atoms with Gasteiger partial charge >= 0.3 is 0 Å². The predicted molar refractivity (Wildman–Crippen MR) is 55.5 cm³/mol. The summed E-state index contributed by atoms with van der Waals surface area (Å²) in [7, 11) is 0. The van der Waals surface area contributed by atoms with Gasteiger partial charge in [0.25, 0.3) is 0 Å². The van der Waals surface area contributed by atoms with Gasteiger partial charge in [-0.1, -0.05) is 13.0 Å². The molecule has 2 rings (SSSR count). The van der Waals surface area contributed by atoms with E-state index in [1.54, 1.807) is 0 Å². The van der Waals surface area contributed by atoms with E-state index in [9.17, 15) is 13.2 Å². The second kappa shape index (κ2) is 4.45. The first-order chi connectivity index (χ1) is 7.59. The van der Waals surface area contributed by atoms with Crippen molar-refractivity contribution < 1.29 is 13.2 Å². The molecular formula is C12H14F3N. The van der Waals surface area contributed by atoms with E-state index in [0.717, 1.165) is 25.5 Å². The molecule has 1 aromatic carbocycles. The molecule has 16 heavy (non-hydrogen) atoms. The van der Waals surface area contributed by atoms with Crippen molar-refractivity contribution >= 4 is 0 Å². The third kappa shape index (κ3) is 2.07. The summed E-state index contributed by atoms with van der Waals surface area (Å²) in [6.07, 6.45) is 1.78. The Bertz CT molecular complexity index is 392. The van der Waals surface area contributed by atoms with Gasteiger partial charge in [0.05, 0.1) is 0 Å². The number of nitrogens with one attached hydrogen (secondary N) is 1. The Hall–Kier alpha value is -1.03. The van der Waals surface area contributed by atoms with Gasteiger partial charge in [0.15, 0.2) is 17.5 Å².